The number of hydrogen-bond donors (Lipinski definition) is 2. The van der Waals surface area contributed by atoms with Crippen LogP contribution in [0.15, 0.2) is 30.3 Å². The topological polar surface area (TPSA) is 72.9 Å². The smallest absolute Gasteiger partial charge is 0.249 e. The van der Waals surface area contributed by atoms with E-state index in [-0.39, 0.29) is 11.4 Å². The Morgan fingerprint density at radius 1 is 1.27 bits per heavy atom. The first kappa shape index (κ1) is 15.4. The molecule has 1 amide bonds. The SMILES string of the molecule is Cc1nc2c3c(c(C(N)=O)cc2n1C)CCC1(Cc2ccccc2C1)N3. The number of carbonyl (C=O) groups is 1. The van der Waals surface area contributed by atoms with Gasteiger partial charge in [-0.1, -0.05) is 24.3 Å². The van der Waals surface area contributed by atoms with Gasteiger partial charge in [0.2, 0.25) is 5.91 Å². The normalized spacial score (nSPS) is 17.2. The van der Waals surface area contributed by atoms with Crippen molar-refractivity contribution in [1.29, 1.82) is 0 Å². The molecular formula is C21H22N4O. The number of amides is 1. The van der Waals surface area contributed by atoms with Crippen LogP contribution in [0.1, 0.15) is 39.3 Å². The lowest BCUT2D eigenvalue weighted by Gasteiger charge is -2.37. The molecule has 1 aliphatic heterocycles. The highest BCUT2D eigenvalue weighted by Gasteiger charge is 2.41. The van der Waals surface area contributed by atoms with Crippen LogP contribution >= 0.6 is 0 Å². The van der Waals surface area contributed by atoms with E-state index in [0.29, 0.717) is 5.56 Å². The van der Waals surface area contributed by atoms with Crippen LogP contribution in [-0.2, 0) is 26.3 Å². The fraction of sp³-hybridized carbons (Fsp3) is 0.333. The van der Waals surface area contributed by atoms with Crippen LogP contribution in [0.5, 0.6) is 0 Å². The van der Waals surface area contributed by atoms with Gasteiger partial charge in [-0.25, -0.2) is 4.98 Å². The lowest BCUT2D eigenvalue weighted by molar-refractivity contribution is 0.0999. The molecular weight excluding hydrogens is 324 g/mol. The molecule has 0 bridgehead atoms. The number of fused-ring (bicyclic) bond motifs is 4. The number of benzene rings is 2. The summed E-state index contributed by atoms with van der Waals surface area (Å²) in [5, 5.41) is 3.81. The first-order chi connectivity index (χ1) is 12.5. The molecule has 3 N–H and O–H groups in total. The molecule has 5 heteroatoms. The van der Waals surface area contributed by atoms with Crippen molar-refractivity contribution in [3.05, 3.63) is 58.4 Å². The van der Waals surface area contributed by atoms with E-state index in [1.165, 1.54) is 11.1 Å². The molecule has 1 aliphatic carbocycles. The maximum absolute atomic E-state index is 12.1. The van der Waals surface area contributed by atoms with Gasteiger partial charge in [-0.05, 0) is 55.4 Å². The van der Waals surface area contributed by atoms with E-state index in [0.717, 1.165) is 53.8 Å². The number of aromatic nitrogens is 2. The van der Waals surface area contributed by atoms with Crippen molar-refractivity contribution >= 4 is 22.6 Å². The number of nitrogens with zero attached hydrogens (tertiary/aromatic N) is 2. The molecule has 5 rings (SSSR count). The zero-order valence-electron chi connectivity index (χ0n) is 15.1. The van der Waals surface area contributed by atoms with Gasteiger partial charge >= 0.3 is 0 Å². The maximum Gasteiger partial charge on any atom is 0.249 e. The van der Waals surface area contributed by atoms with Crippen molar-refractivity contribution in [2.45, 2.75) is 38.1 Å². The van der Waals surface area contributed by atoms with Gasteiger partial charge < -0.3 is 15.6 Å². The van der Waals surface area contributed by atoms with Crippen LogP contribution < -0.4 is 11.1 Å². The van der Waals surface area contributed by atoms with Gasteiger partial charge in [0.15, 0.2) is 0 Å². The van der Waals surface area contributed by atoms with E-state index < -0.39 is 0 Å². The first-order valence-corrected chi connectivity index (χ1v) is 9.11. The van der Waals surface area contributed by atoms with Crippen molar-refractivity contribution in [3.63, 3.8) is 0 Å². The Morgan fingerprint density at radius 2 is 1.96 bits per heavy atom. The summed E-state index contributed by atoms with van der Waals surface area (Å²) in [5.41, 5.74) is 13.1. The summed E-state index contributed by atoms with van der Waals surface area (Å²) in [5.74, 6) is 0.564. The molecule has 3 aromatic rings. The predicted octanol–water partition coefficient (Wildman–Crippen LogP) is 2.88. The molecule has 0 fully saturated rings. The monoisotopic (exact) mass is 346 g/mol. The standard InChI is InChI=1S/C21H22N4O/c1-12-23-19-17(25(12)2)9-16(20(22)26)15-7-8-21(24-18(15)19)10-13-5-3-4-6-14(13)11-21/h3-6,9,24H,7-8,10-11H2,1-2H3,(H2,22,26). The molecule has 1 aromatic heterocycles. The van der Waals surface area contributed by atoms with Gasteiger partial charge in [0.25, 0.3) is 0 Å². The van der Waals surface area contributed by atoms with Gasteiger partial charge in [0.1, 0.15) is 11.3 Å². The number of aryl methyl sites for hydroxylation is 2. The third-order valence-corrected chi connectivity index (χ3v) is 6.19. The summed E-state index contributed by atoms with van der Waals surface area (Å²) in [6.45, 7) is 1.99. The van der Waals surface area contributed by atoms with Gasteiger partial charge in [0.05, 0.1) is 11.2 Å². The summed E-state index contributed by atoms with van der Waals surface area (Å²) in [6.07, 6.45) is 3.86. The highest BCUT2D eigenvalue weighted by Crippen LogP contribution is 2.44. The third-order valence-electron chi connectivity index (χ3n) is 6.19. The zero-order chi connectivity index (χ0) is 18.1. The molecule has 0 unspecified atom stereocenters. The Kier molecular flexibility index (Phi) is 3.03. The second-order valence-electron chi connectivity index (χ2n) is 7.76. The summed E-state index contributed by atoms with van der Waals surface area (Å²) in [6, 6.07) is 10.6. The molecule has 2 aliphatic rings. The molecule has 1 spiro atoms. The van der Waals surface area contributed by atoms with Crippen LogP contribution in [0.3, 0.4) is 0 Å². The minimum absolute atomic E-state index is 0.00527. The van der Waals surface area contributed by atoms with E-state index in [1.807, 2.05) is 24.6 Å². The van der Waals surface area contributed by atoms with Crippen LogP contribution in [0.2, 0.25) is 0 Å². The fourth-order valence-corrected chi connectivity index (χ4v) is 4.74. The molecule has 2 heterocycles. The number of carbonyl (C=O) groups excluding carboxylic acids is 1. The minimum Gasteiger partial charge on any atom is -0.377 e. The number of anilines is 1. The van der Waals surface area contributed by atoms with Crippen molar-refractivity contribution < 1.29 is 4.79 Å². The first-order valence-electron chi connectivity index (χ1n) is 9.11. The van der Waals surface area contributed by atoms with Gasteiger partial charge in [-0.2, -0.15) is 0 Å². The number of nitrogens with two attached hydrogens (primary N) is 1. The van der Waals surface area contributed by atoms with E-state index in [4.69, 9.17) is 10.7 Å². The third kappa shape index (κ3) is 2.03. The number of hydrogen-bond acceptors (Lipinski definition) is 3. The minimum atomic E-state index is -0.366. The number of rotatable bonds is 1. The van der Waals surface area contributed by atoms with Crippen molar-refractivity contribution in [1.82, 2.24) is 9.55 Å². The lowest BCUT2D eigenvalue weighted by atomic mass is 9.82. The summed E-state index contributed by atoms with van der Waals surface area (Å²) in [7, 11) is 1.98. The Morgan fingerprint density at radius 3 is 2.62 bits per heavy atom. The quantitative estimate of drug-likeness (QED) is 0.712. The average molecular weight is 346 g/mol. The van der Waals surface area contributed by atoms with Crippen LogP contribution in [-0.4, -0.2) is 21.0 Å². The van der Waals surface area contributed by atoms with Crippen LogP contribution in [0, 0.1) is 6.92 Å². The molecule has 0 saturated heterocycles. The van der Waals surface area contributed by atoms with Crippen molar-refractivity contribution in [3.8, 4) is 0 Å². The molecule has 2 aromatic carbocycles. The summed E-state index contributed by atoms with van der Waals surface area (Å²) < 4.78 is 2.02. The number of primary amides is 1. The van der Waals surface area contributed by atoms with Crippen LogP contribution in [0.25, 0.3) is 11.0 Å². The van der Waals surface area contributed by atoms with Gasteiger partial charge in [-0.15, -0.1) is 0 Å². The van der Waals surface area contributed by atoms with E-state index >= 15 is 0 Å². The van der Waals surface area contributed by atoms with E-state index in [2.05, 4.69) is 29.6 Å². The Labute approximate surface area is 152 Å². The fourth-order valence-electron chi connectivity index (χ4n) is 4.74. The van der Waals surface area contributed by atoms with Gasteiger partial charge in [0, 0.05) is 18.2 Å². The lowest BCUT2D eigenvalue weighted by Crippen LogP contribution is -2.43. The average Bonchev–Trinajstić information content (AvgIpc) is 3.11. The van der Waals surface area contributed by atoms with E-state index in [1.54, 1.807) is 0 Å². The second-order valence-corrected chi connectivity index (χ2v) is 7.76. The number of nitrogens with one attached hydrogen (secondary N) is 1. The molecule has 26 heavy (non-hydrogen) atoms. The van der Waals surface area contributed by atoms with Gasteiger partial charge in [-0.3, -0.25) is 4.79 Å². The molecule has 0 radical (unpaired) electrons. The zero-order valence-corrected chi connectivity index (χ0v) is 15.1. The summed E-state index contributed by atoms with van der Waals surface area (Å²) >= 11 is 0. The highest BCUT2D eigenvalue weighted by molar-refractivity contribution is 6.04. The van der Waals surface area contributed by atoms with Crippen LogP contribution in [0.4, 0.5) is 5.69 Å². The summed E-state index contributed by atoms with van der Waals surface area (Å²) in [4.78, 5) is 16.9. The molecule has 132 valence electrons. The largest absolute Gasteiger partial charge is 0.377 e. The molecule has 5 nitrogen and oxygen atoms in total. The highest BCUT2D eigenvalue weighted by atomic mass is 16.1. The van der Waals surface area contributed by atoms with Crippen molar-refractivity contribution in [2.75, 3.05) is 5.32 Å². The van der Waals surface area contributed by atoms with Crippen molar-refractivity contribution in [2.24, 2.45) is 12.8 Å². The molecule has 0 saturated carbocycles. The number of imidazole rings is 1. The second kappa shape index (κ2) is 5.10. The predicted molar refractivity (Wildman–Crippen MR) is 102 cm³/mol. The Bertz CT molecular complexity index is 1050. The Balaban J connectivity index is 1.69. The maximum atomic E-state index is 12.1. The molecule has 0 atom stereocenters. The van der Waals surface area contributed by atoms with E-state index in [9.17, 15) is 4.79 Å². The Hall–Kier alpha value is -2.82.